The van der Waals surface area contributed by atoms with E-state index in [1.807, 2.05) is 18.2 Å². The van der Waals surface area contributed by atoms with Crippen LogP contribution in [0.2, 0.25) is 0 Å². The topological polar surface area (TPSA) is 44.8 Å². The number of likely N-dealkylation sites (tertiary alicyclic amines) is 1. The molecule has 2 amide bonds. The first-order chi connectivity index (χ1) is 13.1. The van der Waals surface area contributed by atoms with Gasteiger partial charge in [0.2, 0.25) is 0 Å². The molecule has 1 saturated heterocycles. The zero-order valence-electron chi connectivity index (χ0n) is 16.4. The van der Waals surface area contributed by atoms with E-state index in [1.165, 1.54) is 11.1 Å². The summed E-state index contributed by atoms with van der Waals surface area (Å²) < 4.78 is 5.50. The van der Waals surface area contributed by atoms with Crippen molar-refractivity contribution in [3.8, 4) is 16.9 Å². The molecule has 1 aliphatic heterocycles. The molecule has 5 heteroatoms. The summed E-state index contributed by atoms with van der Waals surface area (Å²) in [6, 6.07) is 17.1. The Morgan fingerprint density at radius 3 is 2.59 bits per heavy atom. The number of nitrogens with one attached hydrogen (secondary N) is 1. The van der Waals surface area contributed by atoms with Gasteiger partial charge in [0, 0.05) is 45.3 Å². The summed E-state index contributed by atoms with van der Waals surface area (Å²) in [6.45, 7) is 2.92. The quantitative estimate of drug-likeness (QED) is 0.878. The van der Waals surface area contributed by atoms with Gasteiger partial charge in [-0.05, 0) is 36.1 Å². The van der Waals surface area contributed by atoms with E-state index in [9.17, 15) is 4.79 Å². The summed E-state index contributed by atoms with van der Waals surface area (Å²) in [5.41, 5.74) is 3.60. The number of hydrogen-bond donors (Lipinski definition) is 1. The van der Waals surface area contributed by atoms with Gasteiger partial charge < -0.3 is 15.0 Å². The number of para-hydroxylation sites is 1. The van der Waals surface area contributed by atoms with Crippen molar-refractivity contribution in [2.75, 3.05) is 34.3 Å². The first-order valence-corrected chi connectivity index (χ1v) is 9.49. The second-order valence-electron chi connectivity index (χ2n) is 7.30. The molecule has 0 saturated carbocycles. The van der Waals surface area contributed by atoms with E-state index in [0.717, 1.165) is 43.8 Å². The van der Waals surface area contributed by atoms with E-state index in [-0.39, 0.29) is 12.1 Å². The Labute approximate surface area is 161 Å². The van der Waals surface area contributed by atoms with Crippen LogP contribution in [0.5, 0.6) is 5.75 Å². The van der Waals surface area contributed by atoms with Crippen LogP contribution in [0.1, 0.15) is 18.4 Å². The number of piperidine rings is 1. The fourth-order valence-electron chi connectivity index (χ4n) is 3.52. The van der Waals surface area contributed by atoms with Crippen molar-refractivity contribution in [1.82, 2.24) is 15.1 Å². The number of rotatable bonds is 5. The Morgan fingerprint density at radius 1 is 1.15 bits per heavy atom. The van der Waals surface area contributed by atoms with Crippen LogP contribution in [0.3, 0.4) is 0 Å². The Balaban J connectivity index is 1.60. The maximum Gasteiger partial charge on any atom is 0.317 e. The summed E-state index contributed by atoms with van der Waals surface area (Å²) in [4.78, 5) is 15.9. The zero-order valence-corrected chi connectivity index (χ0v) is 16.4. The lowest BCUT2D eigenvalue weighted by molar-refractivity contribution is 0.178. The minimum Gasteiger partial charge on any atom is -0.496 e. The standard InChI is InChI=1S/C22H29N3O2/c1-24(2)22(26)23-19-11-13-25(14-12-19)16-17-7-6-8-18(15-17)20-9-4-5-10-21(20)27-3/h4-10,15,19H,11-14,16H2,1-3H3,(H,23,26). The molecule has 0 radical (unpaired) electrons. The maximum absolute atomic E-state index is 11.8. The van der Waals surface area contributed by atoms with Gasteiger partial charge in [-0.25, -0.2) is 4.79 Å². The molecule has 144 valence electrons. The highest BCUT2D eigenvalue weighted by Gasteiger charge is 2.21. The van der Waals surface area contributed by atoms with Crippen LogP contribution in [0.4, 0.5) is 4.79 Å². The molecule has 1 fully saturated rings. The average molecular weight is 367 g/mol. The second-order valence-corrected chi connectivity index (χ2v) is 7.30. The lowest BCUT2D eigenvalue weighted by atomic mass is 10.0. The lowest BCUT2D eigenvalue weighted by Gasteiger charge is -2.33. The Bertz CT molecular complexity index is 768. The molecule has 0 atom stereocenters. The first kappa shape index (κ1) is 19.2. The van der Waals surface area contributed by atoms with Gasteiger partial charge in [-0.3, -0.25) is 4.90 Å². The Hall–Kier alpha value is -2.53. The summed E-state index contributed by atoms with van der Waals surface area (Å²) >= 11 is 0. The molecule has 1 heterocycles. The molecule has 1 N–H and O–H groups in total. The summed E-state index contributed by atoms with van der Waals surface area (Å²) in [5.74, 6) is 0.895. The molecule has 5 nitrogen and oxygen atoms in total. The molecule has 0 unspecified atom stereocenters. The van der Waals surface area contributed by atoms with E-state index in [2.05, 4.69) is 40.5 Å². The molecule has 2 aromatic carbocycles. The number of hydrogen-bond acceptors (Lipinski definition) is 3. The van der Waals surface area contributed by atoms with Crippen LogP contribution in [-0.4, -0.2) is 56.2 Å². The smallest absolute Gasteiger partial charge is 0.317 e. The van der Waals surface area contributed by atoms with Gasteiger partial charge in [0.15, 0.2) is 0 Å². The third kappa shape index (κ3) is 5.01. The molecule has 0 bridgehead atoms. The van der Waals surface area contributed by atoms with Crippen LogP contribution in [0, 0.1) is 0 Å². The number of carbonyl (C=O) groups is 1. The molecule has 0 aliphatic carbocycles. The van der Waals surface area contributed by atoms with Gasteiger partial charge in [0.25, 0.3) is 0 Å². The van der Waals surface area contributed by atoms with Crippen LogP contribution in [0.25, 0.3) is 11.1 Å². The van der Waals surface area contributed by atoms with E-state index in [1.54, 1.807) is 26.1 Å². The largest absolute Gasteiger partial charge is 0.496 e. The molecule has 27 heavy (non-hydrogen) atoms. The number of amides is 2. The third-order valence-corrected chi connectivity index (χ3v) is 5.07. The van der Waals surface area contributed by atoms with Gasteiger partial charge in [0.05, 0.1) is 7.11 Å². The monoisotopic (exact) mass is 367 g/mol. The summed E-state index contributed by atoms with van der Waals surface area (Å²) in [5, 5.41) is 3.09. The van der Waals surface area contributed by atoms with Gasteiger partial charge in [-0.2, -0.15) is 0 Å². The molecular weight excluding hydrogens is 338 g/mol. The number of methoxy groups -OCH3 is 1. The van der Waals surface area contributed by atoms with Crippen LogP contribution in [0.15, 0.2) is 48.5 Å². The molecule has 1 aliphatic rings. The Morgan fingerprint density at radius 2 is 1.89 bits per heavy atom. The highest BCUT2D eigenvalue weighted by atomic mass is 16.5. The number of urea groups is 1. The number of nitrogens with zero attached hydrogens (tertiary/aromatic N) is 2. The van der Waals surface area contributed by atoms with Crippen LogP contribution < -0.4 is 10.1 Å². The van der Waals surface area contributed by atoms with Crippen LogP contribution >= 0.6 is 0 Å². The highest BCUT2D eigenvalue weighted by Crippen LogP contribution is 2.30. The zero-order chi connectivity index (χ0) is 19.2. The van der Waals surface area contributed by atoms with Crippen molar-refractivity contribution < 1.29 is 9.53 Å². The highest BCUT2D eigenvalue weighted by molar-refractivity contribution is 5.73. The molecule has 3 rings (SSSR count). The predicted molar refractivity (Wildman–Crippen MR) is 109 cm³/mol. The molecular formula is C22H29N3O2. The Kier molecular flexibility index (Phi) is 6.35. The summed E-state index contributed by atoms with van der Waals surface area (Å²) in [6.07, 6.45) is 1.98. The normalized spacial score (nSPS) is 15.4. The lowest BCUT2D eigenvalue weighted by Crippen LogP contribution is -2.47. The number of benzene rings is 2. The minimum atomic E-state index is -0.00189. The summed E-state index contributed by atoms with van der Waals surface area (Å²) in [7, 11) is 5.26. The predicted octanol–water partition coefficient (Wildman–Crippen LogP) is 3.60. The SMILES string of the molecule is COc1ccccc1-c1cccc(CN2CCC(NC(=O)N(C)C)CC2)c1. The maximum atomic E-state index is 11.8. The van der Waals surface area contributed by atoms with Crippen molar-refractivity contribution in [3.05, 3.63) is 54.1 Å². The molecule has 0 spiro atoms. The fraction of sp³-hybridized carbons (Fsp3) is 0.409. The number of ether oxygens (including phenoxy) is 1. The van der Waals surface area contributed by atoms with Gasteiger partial charge in [-0.1, -0.05) is 36.4 Å². The average Bonchev–Trinajstić information content (AvgIpc) is 2.69. The van der Waals surface area contributed by atoms with E-state index < -0.39 is 0 Å². The van der Waals surface area contributed by atoms with Crippen LogP contribution in [-0.2, 0) is 6.54 Å². The second kappa shape index (κ2) is 8.91. The molecule has 0 aromatic heterocycles. The van der Waals surface area contributed by atoms with Crippen molar-refractivity contribution in [2.24, 2.45) is 0 Å². The van der Waals surface area contributed by atoms with E-state index in [0.29, 0.717) is 0 Å². The minimum absolute atomic E-state index is 0.00189. The fourth-order valence-corrected chi connectivity index (χ4v) is 3.52. The number of carbonyl (C=O) groups excluding carboxylic acids is 1. The first-order valence-electron chi connectivity index (χ1n) is 9.49. The van der Waals surface area contributed by atoms with Gasteiger partial charge in [0.1, 0.15) is 5.75 Å². The van der Waals surface area contributed by atoms with Gasteiger partial charge >= 0.3 is 6.03 Å². The van der Waals surface area contributed by atoms with E-state index >= 15 is 0 Å². The van der Waals surface area contributed by atoms with Crippen molar-refractivity contribution in [3.63, 3.8) is 0 Å². The third-order valence-electron chi connectivity index (χ3n) is 5.07. The van der Waals surface area contributed by atoms with Crippen molar-refractivity contribution in [1.29, 1.82) is 0 Å². The van der Waals surface area contributed by atoms with Crippen molar-refractivity contribution >= 4 is 6.03 Å². The van der Waals surface area contributed by atoms with Crippen molar-refractivity contribution in [2.45, 2.75) is 25.4 Å². The van der Waals surface area contributed by atoms with Gasteiger partial charge in [-0.15, -0.1) is 0 Å². The van der Waals surface area contributed by atoms with E-state index in [4.69, 9.17) is 4.74 Å². The molecule has 2 aromatic rings.